The van der Waals surface area contributed by atoms with Crippen LogP contribution in [0.25, 0.3) is 0 Å². The van der Waals surface area contributed by atoms with Crippen molar-refractivity contribution in [3.05, 3.63) is 35.9 Å². The topological polar surface area (TPSA) is 165 Å². The highest BCUT2D eigenvalue weighted by Gasteiger charge is 2.27. The van der Waals surface area contributed by atoms with Gasteiger partial charge >= 0.3 is 5.97 Å². The molecule has 2 atom stereocenters. The summed E-state index contributed by atoms with van der Waals surface area (Å²) in [5.74, 6) is -3.57. The molecule has 0 aliphatic carbocycles. The van der Waals surface area contributed by atoms with Crippen LogP contribution in [0.15, 0.2) is 30.3 Å². The molecule has 9 nitrogen and oxygen atoms in total. The van der Waals surface area contributed by atoms with E-state index in [1.807, 2.05) is 0 Å². The summed E-state index contributed by atoms with van der Waals surface area (Å²) in [6, 6.07) is 6.34. The fourth-order valence-corrected chi connectivity index (χ4v) is 1.99. The molecule has 1 rings (SSSR count). The van der Waals surface area contributed by atoms with Crippen LogP contribution in [-0.2, 0) is 25.6 Å². The van der Waals surface area contributed by atoms with Gasteiger partial charge in [0.25, 0.3) is 0 Å². The van der Waals surface area contributed by atoms with E-state index >= 15 is 0 Å². The number of nitrogens with one attached hydrogen (secondary N) is 2. The second-order valence-electron chi connectivity index (χ2n) is 5.08. The molecule has 0 unspecified atom stereocenters. The molecular weight excluding hydrogens is 316 g/mol. The first-order valence-electron chi connectivity index (χ1n) is 7.18. The minimum Gasteiger partial charge on any atom is -0.480 e. The van der Waals surface area contributed by atoms with Crippen molar-refractivity contribution < 1.29 is 24.3 Å². The van der Waals surface area contributed by atoms with Gasteiger partial charge < -0.3 is 27.2 Å². The van der Waals surface area contributed by atoms with Gasteiger partial charge in [-0.05, 0) is 5.56 Å². The number of primary amides is 1. The second-order valence-corrected chi connectivity index (χ2v) is 5.08. The summed E-state index contributed by atoms with van der Waals surface area (Å²) in [7, 11) is 0. The number of carboxylic acids is 1. The van der Waals surface area contributed by atoms with Crippen LogP contribution in [0.4, 0.5) is 0 Å². The Kier molecular flexibility index (Phi) is 7.37. The highest BCUT2D eigenvalue weighted by atomic mass is 16.4. The Hall–Kier alpha value is -2.94. The molecule has 7 N–H and O–H groups in total. The highest BCUT2D eigenvalue weighted by molar-refractivity contribution is 5.92. The largest absolute Gasteiger partial charge is 0.480 e. The van der Waals surface area contributed by atoms with E-state index < -0.39 is 42.2 Å². The molecule has 0 bridgehead atoms. The summed E-state index contributed by atoms with van der Waals surface area (Å²) >= 11 is 0. The van der Waals surface area contributed by atoms with Gasteiger partial charge in [0.05, 0.1) is 13.0 Å². The standard InChI is InChI=1S/C15H20N4O5/c16-8-13(21)18-10(6-9-4-2-1-3-5-9)14(22)19-11(15(23)24)7-12(17)20/h1-5,10-11H,6-8,16H2,(H2,17,20)(H,18,21)(H,19,22)(H,23,24)/t10-,11-/m0/s1. The zero-order chi connectivity index (χ0) is 18.1. The average Bonchev–Trinajstić information content (AvgIpc) is 2.53. The first kappa shape index (κ1) is 19.1. The molecule has 0 aliphatic rings. The lowest BCUT2D eigenvalue weighted by molar-refractivity contribution is -0.143. The number of nitrogens with two attached hydrogens (primary N) is 2. The third-order valence-electron chi connectivity index (χ3n) is 3.14. The van der Waals surface area contributed by atoms with Crippen molar-refractivity contribution in [3.63, 3.8) is 0 Å². The Balaban J connectivity index is 2.87. The van der Waals surface area contributed by atoms with Gasteiger partial charge in [0.2, 0.25) is 17.7 Å². The molecule has 0 saturated carbocycles. The van der Waals surface area contributed by atoms with Crippen LogP contribution >= 0.6 is 0 Å². The van der Waals surface area contributed by atoms with Crippen LogP contribution in [0.5, 0.6) is 0 Å². The smallest absolute Gasteiger partial charge is 0.326 e. The lowest BCUT2D eigenvalue weighted by Gasteiger charge is -2.21. The first-order valence-corrected chi connectivity index (χ1v) is 7.18. The molecule has 9 heteroatoms. The zero-order valence-electron chi connectivity index (χ0n) is 12.9. The van der Waals surface area contributed by atoms with Crippen molar-refractivity contribution in [2.45, 2.75) is 24.9 Å². The van der Waals surface area contributed by atoms with Gasteiger partial charge in [0.15, 0.2) is 0 Å². The lowest BCUT2D eigenvalue weighted by Crippen LogP contribution is -2.54. The van der Waals surface area contributed by atoms with E-state index in [4.69, 9.17) is 16.6 Å². The fourth-order valence-electron chi connectivity index (χ4n) is 1.99. The minimum atomic E-state index is -1.47. The van der Waals surface area contributed by atoms with Gasteiger partial charge in [0.1, 0.15) is 12.1 Å². The van der Waals surface area contributed by atoms with E-state index in [1.54, 1.807) is 30.3 Å². The molecule has 130 valence electrons. The molecule has 1 aromatic carbocycles. The van der Waals surface area contributed by atoms with Gasteiger partial charge in [-0.25, -0.2) is 4.79 Å². The van der Waals surface area contributed by atoms with Gasteiger partial charge in [-0.15, -0.1) is 0 Å². The maximum absolute atomic E-state index is 12.3. The number of hydrogen-bond acceptors (Lipinski definition) is 5. The number of carboxylic acid groups (broad SMARTS) is 1. The maximum atomic E-state index is 12.3. The number of hydrogen-bond donors (Lipinski definition) is 5. The Morgan fingerprint density at radius 1 is 1.04 bits per heavy atom. The number of carbonyl (C=O) groups excluding carboxylic acids is 3. The van der Waals surface area contributed by atoms with Crippen molar-refractivity contribution in [3.8, 4) is 0 Å². The molecule has 24 heavy (non-hydrogen) atoms. The Bertz CT molecular complexity index is 605. The summed E-state index contributed by atoms with van der Waals surface area (Å²) in [6.45, 7) is -0.317. The minimum absolute atomic E-state index is 0.140. The van der Waals surface area contributed by atoms with Gasteiger partial charge in [-0.3, -0.25) is 14.4 Å². The molecule has 0 saturated heterocycles. The molecule has 0 fully saturated rings. The SMILES string of the molecule is NCC(=O)N[C@@H](Cc1ccccc1)C(=O)N[C@@H](CC(N)=O)C(=O)O. The van der Waals surface area contributed by atoms with E-state index in [0.29, 0.717) is 0 Å². The quantitative estimate of drug-likeness (QED) is 0.354. The molecule has 0 heterocycles. The van der Waals surface area contributed by atoms with E-state index in [-0.39, 0.29) is 13.0 Å². The Labute approximate surface area is 138 Å². The molecule has 0 radical (unpaired) electrons. The summed E-state index contributed by atoms with van der Waals surface area (Å²) in [5.41, 5.74) is 11.0. The van der Waals surface area contributed by atoms with Crippen molar-refractivity contribution in [2.24, 2.45) is 11.5 Å². The van der Waals surface area contributed by atoms with Crippen molar-refractivity contribution in [2.75, 3.05) is 6.54 Å². The number of carbonyl (C=O) groups is 4. The third kappa shape index (κ3) is 6.44. The van der Waals surface area contributed by atoms with Crippen molar-refractivity contribution in [1.29, 1.82) is 0 Å². The normalized spacial score (nSPS) is 12.7. The van der Waals surface area contributed by atoms with Crippen molar-refractivity contribution in [1.82, 2.24) is 10.6 Å². The van der Waals surface area contributed by atoms with Crippen LogP contribution in [-0.4, -0.2) is 47.4 Å². The summed E-state index contributed by atoms with van der Waals surface area (Å²) in [5, 5.41) is 13.7. The number of aliphatic carboxylic acids is 1. The zero-order valence-corrected chi connectivity index (χ0v) is 12.9. The van der Waals surface area contributed by atoms with Crippen LogP contribution in [0.1, 0.15) is 12.0 Å². The van der Waals surface area contributed by atoms with E-state index in [0.717, 1.165) is 5.56 Å². The first-order chi connectivity index (χ1) is 11.3. The predicted octanol–water partition coefficient (Wildman–Crippen LogP) is -1.88. The summed E-state index contributed by atoms with van der Waals surface area (Å²) < 4.78 is 0. The van der Waals surface area contributed by atoms with E-state index in [2.05, 4.69) is 10.6 Å². The van der Waals surface area contributed by atoms with Crippen LogP contribution in [0.2, 0.25) is 0 Å². The monoisotopic (exact) mass is 336 g/mol. The van der Waals surface area contributed by atoms with E-state index in [1.165, 1.54) is 0 Å². The fraction of sp³-hybridized carbons (Fsp3) is 0.333. The Morgan fingerprint density at radius 3 is 2.17 bits per heavy atom. The van der Waals surface area contributed by atoms with Crippen LogP contribution < -0.4 is 22.1 Å². The predicted molar refractivity (Wildman–Crippen MR) is 84.5 cm³/mol. The summed E-state index contributed by atoms with van der Waals surface area (Å²) in [4.78, 5) is 45.8. The van der Waals surface area contributed by atoms with Crippen LogP contribution in [0.3, 0.4) is 0 Å². The molecule has 0 aliphatic heterocycles. The Morgan fingerprint density at radius 2 is 1.67 bits per heavy atom. The second kappa shape index (κ2) is 9.26. The summed E-state index contributed by atoms with van der Waals surface area (Å²) in [6.07, 6.45) is -0.411. The number of amides is 3. The van der Waals surface area contributed by atoms with Gasteiger partial charge in [-0.1, -0.05) is 30.3 Å². The molecule has 0 spiro atoms. The molecule has 1 aromatic rings. The van der Waals surface area contributed by atoms with Crippen molar-refractivity contribution >= 4 is 23.7 Å². The van der Waals surface area contributed by atoms with Crippen LogP contribution in [0, 0.1) is 0 Å². The molecule has 3 amide bonds. The highest BCUT2D eigenvalue weighted by Crippen LogP contribution is 2.04. The molecule has 0 aromatic heterocycles. The van der Waals surface area contributed by atoms with Gasteiger partial charge in [0, 0.05) is 6.42 Å². The lowest BCUT2D eigenvalue weighted by atomic mass is 10.0. The third-order valence-corrected chi connectivity index (χ3v) is 3.14. The van der Waals surface area contributed by atoms with Gasteiger partial charge in [-0.2, -0.15) is 0 Å². The van der Waals surface area contributed by atoms with E-state index in [9.17, 15) is 19.2 Å². The number of benzene rings is 1. The molecular formula is C15H20N4O5. The number of rotatable bonds is 9. The average molecular weight is 336 g/mol. The maximum Gasteiger partial charge on any atom is 0.326 e.